The minimum atomic E-state index is -0.0406. The smallest absolute Gasteiger partial charge is 0.260 e. The zero-order chi connectivity index (χ0) is 15.2. The van der Waals surface area contributed by atoms with Crippen molar-refractivity contribution in [3.05, 3.63) is 28.7 Å². The van der Waals surface area contributed by atoms with Crippen LogP contribution in [0.4, 0.5) is 0 Å². The highest BCUT2D eigenvalue weighted by molar-refractivity contribution is 9.10. The van der Waals surface area contributed by atoms with Crippen LogP contribution in [0.2, 0.25) is 0 Å². The predicted octanol–water partition coefficient (Wildman–Crippen LogP) is 1.81. The van der Waals surface area contributed by atoms with Crippen LogP contribution in [0.25, 0.3) is 0 Å². The SMILES string of the molecule is CNC(=O)C1CCN(C(=O)COc2ccccc2Br)CC1. The summed E-state index contributed by atoms with van der Waals surface area (Å²) in [5.74, 6) is 0.696. The molecule has 1 N–H and O–H groups in total. The molecule has 0 spiro atoms. The maximum Gasteiger partial charge on any atom is 0.260 e. The maximum atomic E-state index is 12.1. The van der Waals surface area contributed by atoms with Crippen molar-refractivity contribution in [2.24, 2.45) is 5.92 Å². The highest BCUT2D eigenvalue weighted by atomic mass is 79.9. The minimum Gasteiger partial charge on any atom is -0.483 e. The molecule has 2 amide bonds. The molecule has 0 aliphatic carbocycles. The van der Waals surface area contributed by atoms with Gasteiger partial charge in [-0.3, -0.25) is 9.59 Å². The first-order valence-corrected chi connectivity index (χ1v) is 7.78. The van der Waals surface area contributed by atoms with Gasteiger partial charge in [0, 0.05) is 26.1 Å². The molecule has 0 radical (unpaired) electrons. The molecule has 0 unspecified atom stereocenters. The van der Waals surface area contributed by atoms with E-state index in [4.69, 9.17) is 4.74 Å². The fourth-order valence-corrected chi connectivity index (χ4v) is 2.79. The largest absolute Gasteiger partial charge is 0.483 e. The third-order valence-corrected chi connectivity index (χ3v) is 4.31. The summed E-state index contributed by atoms with van der Waals surface area (Å²) in [7, 11) is 1.64. The van der Waals surface area contributed by atoms with Gasteiger partial charge < -0.3 is 15.0 Å². The van der Waals surface area contributed by atoms with Gasteiger partial charge in [0.1, 0.15) is 5.75 Å². The number of nitrogens with zero attached hydrogens (tertiary/aromatic N) is 1. The van der Waals surface area contributed by atoms with Gasteiger partial charge in [-0.05, 0) is 40.9 Å². The highest BCUT2D eigenvalue weighted by Gasteiger charge is 2.26. The van der Waals surface area contributed by atoms with Gasteiger partial charge in [0.15, 0.2) is 6.61 Å². The Kier molecular flexibility index (Phi) is 5.61. The van der Waals surface area contributed by atoms with Crippen molar-refractivity contribution in [1.82, 2.24) is 10.2 Å². The van der Waals surface area contributed by atoms with E-state index in [1.165, 1.54) is 0 Å². The Morgan fingerprint density at radius 2 is 2.00 bits per heavy atom. The Hall–Kier alpha value is -1.56. The number of nitrogens with one attached hydrogen (secondary N) is 1. The second-order valence-electron chi connectivity index (χ2n) is 4.99. The zero-order valence-corrected chi connectivity index (χ0v) is 13.6. The van der Waals surface area contributed by atoms with Gasteiger partial charge >= 0.3 is 0 Å². The zero-order valence-electron chi connectivity index (χ0n) is 12.0. The molecule has 6 heteroatoms. The van der Waals surface area contributed by atoms with Crippen molar-refractivity contribution >= 4 is 27.7 Å². The molecule has 2 rings (SSSR count). The normalized spacial score (nSPS) is 15.6. The molecule has 114 valence electrons. The number of carbonyl (C=O) groups is 2. The molecular weight excluding hydrogens is 336 g/mol. The predicted molar refractivity (Wildman–Crippen MR) is 83.0 cm³/mol. The standard InChI is InChI=1S/C15H19BrN2O3/c1-17-15(20)11-6-8-18(9-7-11)14(19)10-21-13-5-3-2-4-12(13)16/h2-5,11H,6-10H2,1H3,(H,17,20). The average Bonchev–Trinajstić information content (AvgIpc) is 2.53. The summed E-state index contributed by atoms with van der Waals surface area (Å²) in [4.78, 5) is 25.4. The number of ether oxygens (including phenoxy) is 1. The molecule has 0 saturated carbocycles. The maximum absolute atomic E-state index is 12.1. The summed E-state index contributed by atoms with van der Waals surface area (Å²) in [5.41, 5.74) is 0. The van der Waals surface area contributed by atoms with E-state index < -0.39 is 0 Å². The van der Waals surface area contributed by atoms with Crippen molar-refractivity contribution in [3.63, 3.8) is 0 Å². The molecule has 1 saturated heterocycles. The second-order valence-corrected chi connectivity index (χ2v) is 5.84. The number of hydrogen-bond acceptors (Lipinski definition) is 3. The van der Waals surface area contributed by atoms with Gasteiger partial charge in [0.2, 0.25) is 5.91 Å². The van der Waals surface area contributed by atoms with Crippen molar-refractivity contribution in [1.29, 1.82) is 0 Å². The second kappa shape index (κ2) is 7.45. The molecule has 5 nitrogen and oxygen atoms in total. The number of carbonyl (C=O) groups excluding carboxylic acids is 2. The first-order chi connectivity index (χ1) is 10.1. The van der Waals surface area contributed by atoms with Crippen molar-refractivity contribution in [3.8, 4) is 5.75 Å². The van der Waals surface area contributed by atoms with Crippen LogP contribution in [-0.4, -0.2) is 43.5 Å². The van der Waals surface area contributed by atoms with E-state index in [9.17, 15) is 9.59 Å². The molecule has 0 aromatic heterocycles. The van der Waals surface area contributed by atoms with E-state index >= 15 is 0 Å². The summed E-state index contributed by atoms with van der Waals surface area (Å²) in [6, 6.07) is 7.44. The van der Waals surface area contributed by atoms with Gasteiger partial charge in [-0.15, -0.1) is 0 Å². The lowest BCUT2D eigenvalue weighted by Gasteiger charge is -2.31. The summed E-state index contributed by atoms with van der Waals surface area (Å²) in [6.07, 6.45) is 1.42. The quantitative estimate of drug-likeness (QED) is 0.896. The van der Waals surface area contributed by atoms with Crippen LogP contribution >= 0.6 is 15.9 Å². The lowest BCUT2D eigenvalue weighted by Crippen LogP contribution is -2.44. The van der Waals surface area contributed by atoms with Crippen molar-refractivity contribution in [2.75, 3.05) is 26.7 Å². The number of amides is 2. The van der Waals surface area contributed by atoms with E-state index in [0.717, 1.165) is 4.47 Å². The Morgan fingerprint density at radius 1 is 1.33 bits per heavy atom. The average molecular weight is 355 g/mol. The molecule has 1 aromatic carbocycles. The van der Waals surface area contributed by atoms with Crippen molar-refractivity contribution < 1.29 is 14.3 Å². The minimum absolute atomic E-state index is 0.0169. The number of halogens is 1. The topological polar surface area (TPSA) is 58.6 Å². The lowest BCUT2D eigenvalue weighted by molar-refractivity contribution is -0.137. The first kappa shape index (κ1) is 15.8. The number of para-hydroxylation sites is 1. The van der Waals surface area contributed by atoms with Crippen LogP contribution in [0.15, 0.2) is 28.7 Å². The van der Waals surface area contributed by atoms with Crippen LogP contribution in [-0.2, 0) is 9.59 Å². The van der Waals surface area contributed by atoms with Crippen LogP contribution in [0, 0.1) is 5.92 Å². The Morgan fingerprint density at radius 3 is 2.62 bits per heavy atom. The Balaban J connectivity index is 1.80. The van der Waals surface area contributed by atoms with Gasteiger partial charge in [0.25, 0.3) is 5.91 Å². The van der Waals surface area contributed by atoms with Crippen LogP contribution in [0.5, 0.6) is 5.75 Å². The number of hydrogen-bond donors (Lipinski definition) is 1. The van der Waals surface area contributed by atoms with Gasteiger partial charge in [-0.25, -0.2) is 0 Å². The molecule has 1 aromatic rings. The molecular formula is C15H19BrN2O3. The van der Waals surface area contributed by atoms with Gasteiger partial charge in [-0.2, -0.15) is 0 Å². The lowest BCUT2D eigenvalue weighted by atomic mass is 9.96. The fraction of sp³-hybridized carbons (Fsp3) is 0.467. The van der Waals surface area contributed by atoms with E-state index in [0.29, 0.717) is 31.7 Å². The van der Waals surface area contributed by atoms with Gasteiger partial charge in [0.05, 0.1) is 4.47 Å². The summed E-state index contributed by atoms with van der Waals surface area (Å²) in [5, 5.41) is 2.66. The fourth-order valence-electron chi connectivity index (χ4n) is 2.39. The number of piperidine rings is 1. The molecule has 1 heterocycles. The Bertz CT molecular complexity index is 513. The van der Waals surface area contributed by atoms with Crippen LogP contribution in [0.1, 0.15) is 12.8 Å². The van der Waals surface area contributed by atoms with Crippen LogP contribution in [0.3, 0.4) is 0 Å². The van der Waals surface area contributed by atoms with Crippen molar-refractivity contribution in [2.45, 2.75) is 12.8 Å². The van der Waals surface area contributed by atoms with Gasteiger partial charge in [-0.1, -0.05) is 12.1 Å². The summed E-state index contributed by atoms with van der Waals surface area (Å²) >= 11 is 3.38. The number of likely N-dealkylation sites (tertiary alicyclic amines) is 1. The molecule has 1 aliphatic rings. The molecule has 1 fully saturated rings. The molecule has 0 atom stereocenters. The molecule has 21 heavy (non-hydrogen) atoms. The first-order valence-electron chi connectivity index (χ1n) is 6.98. The molecule has 1 aliphatic heterocycles. The van der Waals surface area contributed by atoms with E-state index in [1.807, 2.05) is 24.3 Å². The summed E-state index contributed by atoms with van der Waals surface area (Å²) < 4.78 is 6.36. The third-order valence-electron chi connectivity index (χ3n) is 3.65. The number of rotatable bonds is 4. The summed E-state index contributed by atoms with van der Waals surface area (Å²) in [6.45, 7) is 1.24. The number of benzene rings is 1. The van der Waals surface area contributed by atoms with E-state index in [2.05, 4.69) is 21.2 Å². The molecule has 0 bridgehead atoms. The monoisotopic (exact) mass is 354 g/mol. The third kappa shape index (κ3) is 4.20. The highest BCUT2D eigenvalue weighted by Crippen LogP contribution is 2.24. The van der Waals surface area contributed by atoms with E-state index in [-0.39, 0.29) is 24.3 Å². The van der Waals surface area contributed by atoms with E-state index in [1.54, 1.807) is 11.9 Å². The Labute approximate surface area is 132 Å². The van der Waals surface area contributed by atoms with Crippen LogP contribution < -0.4 is 10.1 Å².